The van der Waals surface area contributed by atoms with Crippen molar-refractivity contribution in [2.75, 3.05) is 7.11 Å². The Bertz CT molecular complexity index is 836. The maximum Gasteiger partial charge on any atom is 0.315 e. The number of non-ortho nitro benzene ring substituents is 1. The van der Waals surface area contributed by atoms with Gasteiger partial charge in [0, 0.05) is 12.1 Å². The number of ether oxygens (including phenoxy) is 2. The Balaban J connectivity index is 1.91. The summed E-state index contributed by atoms with van der Waals surface area (Å²) in [4.78, 5) is 21.9. The first-order chi connectivity index (χ1) is 13.0. The van der Waals surface area contributed by atoms with Crippen molar-refractivity contribution in [2.45, 2.75) is 19.8 Å². The number of methoxy groups -OCH3 is 1. The maximum absolute atomic E-state index is 11.8. The number of benzene rings is 2. The molecule has 0 aromatic heterocycles. The third-order valence-electron chi connectivity index (χ3n) is 3.84. The van der Waals surface area contributed by atoms with Gasteiger partial charge in [-0.2, -0.15) is 0 Å². The van der Waals surface area contributed by atoms with Crippen LogP contribution in [-0.2, 0) is 4.79 Å². The van der Waals surface area contributed by atoms with Crippen LogP contribution >= 0.6 is 0 Å². The van der Waals surface area contributed by atoms with E-state index in [1.54, 1.807) is 13.2 Å². The fraction of sp³-hybridized carbons (Fsp3) is 0.190. The quantitative estimate of drug-likeness (QED) is 0.217. The first kappa shape index (κ1) is 19.9. The second-order valence-electron chi connectivity index (χ2n) is 5.63. The lowest BCUT2D eigenvalue weighted by Gasteiger charge is -2.05. The van der Waals surface area contributed by atoms with Crippen molar-refractivity contribution >= 4 is 17.2 Å². The molecule has 0 amide bonds. The molecule has 2 aromatic carbocycles. The summed E-state index contributed by atoms with van der Waals surface area (Å²) in [7, 11) is 1.63. The highest BCUT2D eigenvalue weighted by atomic mass is 16.6. The molecule has 0 unspecified atom stereocenters. The van der Waals surface area contributed by atoms with Crippen LogP contribution in [0.2, 0.25) is 0 Å². The smallest absolute Gasteiger partial charge is 0.315 e. The van der Waals surface area contributed by atoms with Gasteiger partial charge in [-0.1, -0.05) is 37.3 Å². The standard InChI is InChI=1S/C21H21NO5/c1-3-16(17-8-12-19(26-2)13-9-17)6-4-5-7-21(23)27-20-14-10-18(11-15-20)22(24)25/h4-6,8-15H,3,7H2,1-2H3/b5-4+,16-6+. The van der Waals surface area contributed by atoms with Crippen molar-refractivity contribution in [1.82, 2.24) is 0 Å². The van der Waals surface area contributed by atoms with E-state index in [1.807, 2.05) is 36.4 Å². The third-order valence-corrected chi connectivity index (χ3v) is 3.84. The second-order valence-corrected chi connectivity index (χ2v) is 5.63. The van der Waals surface area contributed by atoms with Gasteiger partial charge in [-0.25, -0.2) is 0 Å². The van der Waals surface area contributed by atoms with E-state index in [0.29, 0.717) is 0 Å². The first-order valence-corrected chi connectivity index (χ1v) is 8.48. The molecule has 6 heteroatoms. The third kappa shape index (κ3) is 6.11. The molecule has 0 fully saturated rings. The maximum atomic E-state index is 11.8. The van der Waals surface area contributed by atoms with Gasteiger partial charge < -0.3 is 9.47 Å². The zero-order valence-electron chi connectivity index (χ0n) is 15.3. The second kappa shape index (κ2) is 9.91. The summed E-state index contributed by atoms with van der Waals surface area (Å²) < 4.78 is 10.3. The van der Waals surface area contributed by atoms with E-state index in [-0.39, 0.29) is 17.9 Å². The van der Waals surface area contributed by atoms with Crippen LogP contribution in [0, 0.1) is 10.1 Å². The highest BCUT2D eigenvalue weighted by Gasteiger charge is 2.07. The molecule has 27 heavy (non-hydrogen) atoms. The van der Waals surface area contributed by atoms with Gasteiger partial charge in [-0.15, -0.1) is 0 Å². The summed E-state index contributed by atoms with van der Waals surface area (Å²) in [5.41, 5.74) is 2.18. The summed E-state index contributed by atoms with van der Waals surface area (Å²) >= 11 is 0. The molecule has 6 nitrogen and oxygen atoms in total. The van der Waals surface area contributed by atoms with Gasteiger partial charge in [-0.05, 0) is 41.8 Å². The highest BCUT2D eigenvalue weighted by molar-refractivity contribution is 5.74. The molecule has 0 aliphatic rings. The van der Waals surface area contributed by atoms with E-state index >= 15 is 0 Å². The number of hydrogen-bond acceptors (Lipinski definition) is 5. The number of rotatable bonds is 8. The van der Waals surface area contributed by atoms with E-state index in [4.69, 9.17) is 9.47 Å². The number of esters is 1. The molecule has 0 saturated carbocycles. The molecular formula is C21H21NO5. The Morgan fingerprint density at radius 2 is 1.70 bits per heavy atom. The van der Waals surface area contributed by atoms with E-state index in [0.717, 1.165) is 23.3 Å². The number of nitrogens with zero attached hydrogens (tertiary/aromatic N) is 1. The van der Waals surface area contributed by atoms with Crippen LogP contribution in [0.3, 0.4) is 0 Å². The summed E-state index contributed by atoms with van der Waals surface area (Å²) in [6, 6.07) is 13.2. The molecule has 0 aliphatic carbocycles. The Morgan fingerprint density at radius 3 is 2.26 bits per heavy atom. The van der Waals surface area contributed by atoms with Crippen molar-refractivity contribution in [3.63, 3.8) is 0 Å². The Labute approximate surface area is 157 Å². The Morgan fingerprint density at radius 1 is 1.07 bits per heavy atom. The molecule has 0 saturated heterocycles. The zero-order chi connectivity index (χ0) is 19.6. The van der Waals surface area contributed by atoms with Gasteiger partial charge in [0.15, 0.2) is 0 Å². The lowest BCUT2D eigenvalue weighted by Crippen LogP contribution is -2.06. The van der Waals surface area contributed by atoms with Gasteiger partial charge in [0.25, 0.3) is 5.69 Å². The summed E-state index contributed by atoms with van der Waals surface area (Å²) in [5.74, 6) is 0.650. The normalized spacial score (nSPS) is 11.4. The fourth-order valence-corrected chi connectivity index (χ4v) is 2.38. The van der Waals surface area contributed by atoms with E-state index < -0.39 is 10.9 Å². The van der Waals surface area contributed by atoms with Gasteiger partial charge in [0.2, 0.25) is 0 Å². The van der Waals surface area contributed by atoms with Crippen LogP contribution in [-0.4, -0.2) is 18.0 Å². The predicted octanol–water partition coefficient (Wildman–Crippen LogP) is 4.95. The minimum Gasteiger partial charge on any atom is -0.497 e. The molecule has 0 aliphatic heterocycles. The minimum absolute atomic E-state index is 0.0505. The number of nitro groups is 1. The molecule has 140 valence electrons. The Kier molecular flexibility index (Phi) is 7.31. The number of hydrogen-bond donors (Lipinski definition) is 0. The van der Waals surface area contributed by atoms with Gasteiger partial charge in [-0.3, -0.25) is 14.9 Å². The van der Waals surface area contributed by atoms with Crippen LogP contribution < -0.4 is 9.47 Å². The predicted molar refractivity (Wildman–Crippen MR) is 104 cm³/mol. The molecule has 0 heterocycles. The largest absolute Gasteiger partial charge is 0.497 e. The average Bonchev–Trinajstić information content (AvgIpc) is 2.68. The van der Waals surface area contributed by atoms with Gasteiger partial charge >= 0.3 is 5.97 Å². The number of allylic oxidation sites excluding steroid dienone is 3. The molecule has 2 rings (SSSR count). The van der Waals surface area contributed by atoms with Crippen LogP contribution in [0.4, 0.5) is 5.69 Å². The van der Waals surface area contributed by atoms with Crippen molar-refractivity contribution in [3.05, 3.63) is 82.4 Å². The van der Waals surface area contributed by atoms with E-state index in [2.05, 4.69) is 6.92 Å². The van der Waals surface area contributed by atoms with Gasteiger partial charge in [0.1, 0.15) is 11.5 Å². The van der Waals surface area contributed by atoms with Crippen molar-refractivity contribution in [3.8, 4) is 11.5 Å². The van der Waals surface area contributed by atoms with Gasteiger partial charge in [0.05, 0.1) is 18.5 Å². The molecule has 2 aromatic rings. The summed E-state index contributed by atoms with van der Waals surface area (Å²) in [5, 5.41) is 10.6. The van der Waals surface area contributed by atoms with Crippen LogP contribution in [0.25, 0.3) is 5.57 Å². The van der Waals surface area contributed by atoms with Crippen molar-refractivity contribution in [2.24, 2.45) is 0 Å². The van der Waals surface area contributed by atoms with Crippen molar-refractivity contribution < 1.29 is 19.2 Å². The van der Waals surface area contributed by atoms with Crippen LogP contribution in [0.15, 0.2) is 66.8 Å². The minimum atomic E-state index is -0.505. The van der Waals surface area contributed by atoms with Crippen LogP contribution in [0.5, 0.6) is 11.5 Å². The molecule has 0 radical (unpaired) electrons. The molecule has 0 N–H and O–H groups in total. The van der Waals surface area contributed by atoms with E-state index in [9.17, 15) is 14.9 Å². The molecule has 0 atom stereocenters. The Hall–Kier alpha value is -3.41. The number of carbonyl (C=O) groups excluding carboxylic acids is 1. The molecular weight excluding hydrogens is 346 g/mol. The average molecular weight is 367 g/mol. The number of carbonyl (C=O) groups is 1. The SMILES string of the molecule is CC/C(=C\C=C\CC(=O)Oc1ccc([N+](=O)[O-])cc1)c1ccc(OC)cc1. The monoisotopic (exact) mass is 367 g/mol. The fourth-order valence-electron chi connectivity index (χ4n) is 2.38. The highest BCUT2D eigenvalue weighted by Crippen LogP contribution is 2.21. The number of nitro benzene ring substituents is 1. The molecule has 0 bridgehead atoms. The topological polar surface area (TPSA) is 78.7 Å². The lowest BCUT2D eigenvalue weighted by atomic mass is 10.0. The summed E-state index contributed by atoms with van der Waals surface area (Å²) in [6.45, 7) is 2.06. The lowest BCUT2D eigenvalue weighted by molar-refractivity contribution is -0.384. The van der Waals surface area contributed by atoms with Crippen molar-refractivity contribution in [1.29, 1.82) is 0 Å². The molecule has 0 spiro atoms. The summed E-state index contributed by atoms with van der Waals surface area (Å²) in [6.07, 6.45) is 6.45. The van der Waals surface area contributed by atoms with E-state index in [1.165, 1.54) is 24.3 Å². The zero-order valence-corrected chi connectivity index (χ0v) is 15.3. The van der Waals surface area contributed by atoms with Crippen LogP contribution in [0.1, 0.15) is 25.3 Å². The first-order valence-electron chi connectivity index (χ1n) is 8.48.